The van der Waals surface area contributed by atoms with Crippen LogP contribution < -0.4 is 4.72 Å². The molecule has 1 aromatic heterocycles. The molecule has 1 aliphatic carbocycles. The minimum absolute atomic E-state index is 0.00270. The van der Waals surface area contributed by atoms with E-state index in [0.29, 0.717) is 0 Å². The van der Waals surface area contributed by atoms with Crippen LogP contribution in [0.15, 0.2) is 23.2 Å². The summed E-state index contributed by atoms with van der Waals surface area (Å²) in [6.07, 6.45) is 3.47. The smallest absolute Gasteiger partial charge is 0.240 e. The van der Waals surface area contributed by atoms with Gasteiger partial charge in [0.25, 0.3) is 0 Å². The lowest BCUT2D eigenvalue weighted by Crippen LogP contribution is -2.32. The first-order chi connectivity index (χ1) is 8.49. The van der Waals surface area contributed by atoms with Gasteiger partial charge in [0.1, 0.15) is 5.15 Å². The van der Waals surface area contributed by atoms with E-state index in [4.69, 9.17) is 11.6 Å². The zero-order valence-corrected chi connectivity index (χ0v) is 11.3. The van der Waals surface area contributed by atoms with E-state index in [0.717, 1.165) is 19.3 Å². The van der Waals surface area contributed by atoms with Crippen molar-refractivity contribution in [2.75, 3.05) is 6.54 Å². The van der Waals surface area contributed by atoms with Crippen molar-refractivity contribution < 1.29 is 13.5 Å². The van der Waals surface area contributed by atoms with E-state index in [-0.39, 0.29) is 22.5 Å². The number of pyridine rings is 1. The summed E-state index contributed by atoms with van der Waals surface area (Å²) in [5.41, 5.74) is 0. The van der Waals surface area contributed by atoms with Gasteiger partial charge in [-0.15, -0.1) is 0 Å². The van der Waals surface area contributed by atoms with Crippen LogP contribution in [0.3, 0.4) is 0 Å². The van der Waals surface area contributed by atoms with E-state index >= 15 is 0 Å². The molecule has 0 bridgehead atoms. The lowest BCUT2D eigenvalue weighted by atomic mass is 10.1. The molecule has 0 saturated heterocycles. The normalized spacial score (nSPS) is 24.3. The molecule has 100 valence electrons. The fraction of sp³-hybridized carbons (Fsp3) is 0.545. The van der Waals surface area contributed by atoms with Crippen molar-refractivity contribution >= 4 is 21.6 Å². The van der Waals surface area contributed by atoms with Gasteiger partial charge < -0.3 is 5.11 Å². The first kappa shape index (κ1) is 13.7. The molecule has 0 amide bonds. The van der Waals surface area contributed by atoms with Gasteiger partial charge in [-0.05, 0) is 30.9 Å². The van der Waals surface area contributed by atoms with E-state index in [2.05, 4.69) is 9.71 Å². The van der Waals surface area contributed by atoms with Gasteiger partial charge in [0.15, 0.2) is 0 Å². The predicted molar refractivity (Wildman–Crippen MR) is 67.8 cm³/mol. The molecule has 0 radical (unpaired) electrons. The van der Waals surface area contributed by atoms with Crippen molar-refractivity contribution in [1.29, 1.82) is 0 Å². The summed E-state index contributed by atoms with van der Waals surface area (Å²) < 4.78 is 26.4. The average Bonchev–Trinajstić information content (AvgIpc) is 2.72. The highest BCUT2D eigenvalue weighted by Gasteiger charge is 2.26. The molecule has 1 fully saturated rings. The number of halogens is 1. The number of aliphatic hydroxyl groups excluding tert-OH is 1. The molecule has 1 aromatic rings. The van der Waals surface area contributed by atoms with Crippen LogP contribution in [0.25, 0.3) is 0 Å². The van der Waals surface area contributed by atoms with E-state index in [1.54, 1.807) is 0 Å². The average molecular weight is 291 g/mol. The van der Waals surface area contributed by atoms with Crippen LogP contribution in [0.2, 0.25) is 5.15 Å². The van der Waals surface area contributed by atoms with Crippen LogP contribution in [-0.4, -0.2) is 31.2 Å². The maximum atomic E-state index is 12.0. The molecule has 2 atom stereocenters. The number of nitrogens with one attached hydrogen (secondary N) is 1. The van der Waals surface area contributed by atoms with Gasteiger partial charge in [0, 0.05) is 12.7 Å². The van der Waals surface area contributed by atoms with Crippen LogP contribution in [-0.2, 0) is 10.0 Å². The molecule has 5 nitrogen and oxygen atoms in total. The Labute approximate surface area is 111 Å². The van der Waals surface area contributed by atoms with Crippen LogP contribution in [0.1, 0.15) is 19.3 Å². The molecule has 7 heteroatoms. The molecular formula is C11H15ClN2O3S. The molecule has 2 rings (SSSR count). The van der Waals surface area contributed by atoms with Crippen molar-refractivity contribution in [1.82, 2.24) is 9.71 Å². The summed E-state index contributed by atoms with van der Waals surface area (Å²) >= 11 is 5.66. The van der Waals surface area contributed by atoms with Gasteiger partial charge in [-0.1, -0.05) is 18.0 Å². The highest BCUT2D eigenvalue weighted by Crippen LogP contribution is 2.25. The topological polar surface area (TPSA) is 79.3 Å². The van der Waals surface area contributed by atoms with Crippen molar-refractivity contribution in [3.05, 3.63) is 23.5 Å². The quantitative estimate of drug-likeness (QED) is 0.816. The molecule has 18 heavy (non-hydrogen) atoms. The zero-order valence-electron chi connectivity index (χ0n) is 9.71. The first-order valence-corrected chi connectivity index (χ1v) is 7.64. The maximum absolute atomic E-state index is 12.0. The van der Waals surface area contributed by atoms with E-state index in [1.165, 1.54) is 18.3 Å². The van der Waals surface area contributed by atoms with E-state index in [9.17, 15) is 13.5 Å². The monoisotopic (exact) mass is 290 g/mol. The summed E-state index contributed by atoms with van der Waals surface area (Å²) in [5, 5.41) is 9.77. The van der Waals surface area contributed by atoms with Gasteiger partial charge >= 0.3 is 0 Å². The van der Waals surface area contributed by atoms with Gasteiger partial charge in [0.05, 0.1) is 11.0 Å². The first-order valence-electron chi connectivity index (χ1n) is 5.78. The summed E-state index contributed by atoms with van der Waals surface area (Å²) in [6, 6.07) is 2.69. The Kier molecular flexibility index (Phi) is 4.21. The molecule has 0 aromatic carbocycles. The Morgan fingerprint density at radius 3 is 2.89 bits per heavy atom. The fourth-order valence-corrected chi connectivity index (χ4v) is 3.45. The SMILES string of the molecule is O=S(=O)(NCC1CCCC1O)c1ccnc(Cl)c1. The molecule has 0 spiro atoms. The third kappa shape index (κ3) is 3.20. The van der Waals surface area contributed by atoms with Gasteiger partial charge in [0.2, 0.25) is 10.0 Å². The predicted octanol–water partition coefficient (Wildman–Crippen LogP) is 1.17. The number of aliphatic hydroxyl groups is 1. The minimum atomic E-state index is -3.58. The van der Waals surface area contributed by atoms with E-state index in [1.807, 2.05) is 0 Å². The highest BCUT2D eigenvalue weighted by molar-refractivity contribution is 7.89. The third-order valence-electron chi connectivity index (χ3n) is 3.16. The molecule has 1 saturated carbocycles. The number of aromatic nitrogens is 1. The third-order valence-corrected chi connectivity index (χ3v) is 4.79. The molecule has 0 aliphatic heterocycles. The summed E-state index contributed by atoms with van der Waals surface area (Å²) in [5.74, 6) is -0.00270. The van der Waals surface area contributed by atoms with Gasteiger partial charge in [-0.3, -0.25) is 0 Å². The van der Waals surface area contributed by atoms with E-state index < -0.39 is 16.1 Å². The Hall–Kier alpha value is -0.690. The second-order valence-electron chi connectivity index (χ2n) is 4.42. The number of nitrogens with zero attached hydrogens (tertiary/aromatic N) is 1. The molecule has 2 N–H and O–H groups in total. The lowest BCUT2D eigenvalue weighted by Gasteiger charge is -2.15. The number of hydrogen-bond donors (Lipinski definition) is 2. The standard InChI is InChI=1S/C11H15ClN2O3S/c12-11-6-9(4-5-13-11)18(16,17)14-7-8-2-1-3-10(8)15/h4-6,8,10,14-15H,1-3,7H2. The van der Waals surface area contributed by atoms with Gasteiger partial charge in [-0.2, -0.15) is 0 Å². The summed E-state index contributed by atoms with van der Waals surface area (Å²) in [4.78, 5) is 3.83. The Morgan fingerprint density at radius 2 is 2.28 bits per heavy atom. The second-order valence-corrected chi connectivity index (χ2v) is 6.58. The second kappa shape index (κ2) is 5.52. The molecule has 2 unspecified atom stereocenters. The largest absolute Gasteiger partial charge is 0.393 e. The van der Waals surface area contributed by atoms with Crippen LogP contribution in [0, 0.1) is 5.92 Å². The van der Waals surface area contributed by atoms with Crippen molar-refractivity contribution in [2.45, 2.75) is 30.3 Å². The Morgan fingerprint density at radius 1 is 1.50 bits per heavy atom. The number of hydrogen-bond acceptors (Lipinski definition) is 4. The Balaban J connectivity index is 2.03. The fourth-order valence-electron chi connectivity index (χ4n) is 2.11. The van der Waals surface area contributed by atoms with Gasteiger partial charge in [-0.25, -0.2) is 18.1 Å². The van der Waals surface area contributed by atoms with Crippen molar-refractivity contribution in [3.63, 3.8) is 0 Å². The van der Waals surface area contributed by atoms with Crippen molar-refractivity contribution in [3.8, 4) is 0 Å². The van der Waals surface area contributed by atoms with Crippen LogP contribution in [0.5, 0.6) is 0 Å². The number of rotatable bonds is 4. The van der Waals surface area contributed by atoms with Crippen LogP contribution >= 0.6 is 11.6 Å². The zero-order chi connectivity index (χ0) is 13.2. The van der Waals surface area contributed by atoms with Crippen LogP contribution in [0.4, 0.5) is 0 Å². The molecular weight excluding hydrogens is 276 g/mol. The maximum Gasteiger partial charge on any atom is 0.240 e. The molecule has 1 aliphatic rings. The summed E-state index contributed by atoms with van der Waals surface area (Å²) in [6.45, 7) is 0.253. The summed E-state index contributed by atoms with van der Waals surface area (Å²) in [7, 11) is -3.58. The lowest BCUT2D eigenvalue weighted by molar-refractivity contribution is 0.134. The van der Waals surface area contributed by atoms with Crippen molar-refractivity contribution in [2.24, 2.45) is 5.92 Å². The number of sulfonamides is 1. The minimum Gasteiger partial charge on any atom is -0.393 e. The molecule has 1 heterocycles. The highest BCUT2D eigenvalue weighted by atomic mass is 35.5. The Bertz CT molecular complexity index is 521.